The number of para-hydroxylation sites is 3. The Morgan fingerprint density at radius 2 is 0.860 bits per heavy atom. The van der Waals surface area contributed by atoms with Gasteiger partial charge in [0.25, 0.3) is 0 Å². The van der Waals surface area contributed by atoms with Gasteiger partial charge in [-0.1, -0.05) is 152 Å². The molecule has 234 valence electrons. The highest BCUT2D eigenvalue weighted by molar-refractivity contribution is 6.18. The molecule has 0 unspecified atom stereocenters. The molecule has 0 N–H and O–H groups in total. The number of hydrogen-bond donors (Lipinski definition) is 0. The van der Waals surface area contributed by atoms with E-state index in [0.29, 0.717) is 0 Å². The molecule has 0 aliphatic heterocycles. The summed E-state index contributed by atoms with van der Waals surface area (Å²) in [5, 5.41) is 9.64. The van der Waals surface area contributed by atoms with Crippen molar-refractivity contribution >= 4 is 71.3 Å². The van der Waals surface area contributed by atoms with E-state index in [-0.39, 0.29) is 0 Å². The van der Waals surface area contributed by atoms with E-state index in [0.717, 1.165) is 55.5 Å². The summed E-state index contributed by atoms with van der Waals surface area (Å²) in [6.45, 7) is 0. The molecule has 9 aromatic carbocycles. The fourth-order valence-electron chi connectivity index (χ4n) is 7.72. The molecule has 50 heavy (non-hydrogen) atoms. The van der Waals surface area contributed by atoms with Crippen LogP contribution in [0.5, 0.6) is 0 Å². The van der Waals surface area contributed by atoms with Crippen molar-refractivity contribution in [1.82, 2.24) is 0 Å². The van der Waals surface area contributed by atoms with Gasteiger partial charge in [0.15, 0.2) is 0 Å². The van der Waals surface area contributed by atoms with Crippen molar-refractivity contribution in [3.63, 3.8) is 0 Å². The van der Waals surface area contributed by atoms with Crippen molar-refractivity contribution in [1.29, 1.82) is 0 Å². The summed E-state index contributed by atoms with van der Waals surface area (Å²) in [5.41, 5.74) is 9.69. The Morgan fingerprint density at radius 1 is 0.300 bits per heavy atom. The molecule has 0 spiro atoms. The first-order valence-corrected chi connectivity index (χ1v) is 17.1. The molecule has 0 saturated heterocycles. The van der Waals surface area contributed by atoms with Crippen LogP contribution in [0.25, 0.3) is 76.5 Å². The summed E-state index contributed by atoms with van der Waals surface area (Å²) >= 11 is 0. The maximum Gasteiger partial charge on any atom is 0.143 e. The molecular formula is C48H31NO. The molecule has 0 amide bonds. The van der Waals surface area contributed by atoms with E-state index in [1.54, 1.807) is 0 Å². The molecule has 0 fully saturated rings. The molecule has 1 heterocycles. The van der Waals surface area contributed by atoms with Crippen LogP contribution in [0.4, 0.5) is 17.1 Å². The van der Waals surface area contributed by atoms with E-state index in [1.165, 1.54) is 38.1 Å². The molecule has 2 heteroatoms. The van der Waals surface area contributed by atoms with Gasteiger partial charge in [-0.3, -0.25) is 0 Å². The van der Waals surface area contributed by atoms with Crippen molar-refractivity contribution in [2.24, 2.45) is 0 Å². The minimum Gasteiger partial charge on any atom is -0.455 e. The molecule has 0 aliphatic carbocycles. The van der Waals surface area contributed by atoms with Crippen LogP contribution in [0.2, 0.25) is 0 Å². The molecule has 0 aliphatic rings. The number of rotatable bonds is 5. The topological polar surface area (TPSA) is 16.4 Å². The van der Waals surface area contributed by atoms with Crippen molar-refractivity contribution in [2.45, 2.75) is 0 Å². The predicted octanol–water partition coefficient (Wildman–Crippen LogP) is 13.8. The van der Waals surface area contributed by atoms with Crippen LogP contribution in [-0.4, -0.2) is 0 Å². The summed E-state index contributed by atoms with van der Waals surface area (Å²) in [6, 6.07) is 67.3. The summed E-state index contributed by atoms with van der Waals surface area (Å²) in [4.78, 5) is 2.35. The number of hydrogen-bond acceptors (Lipinski definition) is 2. The lowest BCUT2D eigenvalue weighted by atomic mass is 9.94. The molecule has 0 radical (unpaired) electrons. The van der Waals surface area contributed by atoms with Gasteiger partial charge in [-0.2, -0.15) is 0 Å². The molecule has 10 rings (SSSR count). The van der Waals surface area contributed by atoms with Crippen LogP contribution in [0.15, 0.2) is 192 Å². The number of furan rings is 1. The highest BCUT2D eigenvalue weighted by Gasteiger charge is 2.21. The molecule has 0 atom stereocenters. The van der Waals surface area contributed by atoms with Gasteiger partial charge in [0.2, 0.25) is 0 Å². The average molecular weight is 638 g/mol. The lowest BCUT2D eigenvalue weighted by molar-refractivity contribution is 0.674. The zero-order valence-electron chi connectivity index (χ0n) is 27.3. The molecule has 2 nitrogen and oxygen atoms in total. The first-order valence-electron chi connectivity index (χ1n) is 17.1. The average Bonchev–Trinajstić information content (AvgIpc) is 3.58. The van der Waals surface area contributed by atoms with Crippen LogP contribution in [0.3, 0.4) is 0 Å². The van der Waals surface area contributed by atoms with Crippen molar-refractivity contribution < 1.29 is 4.42 Å². The van der Waals surface area contributed by atoms with Gasteiger partial charge < -0.3 is 9.32 Å². The number of fused-ring (bicyclic) bond motifs is 8. The van der Waals surface area contributed by atoms with Gasteiger partial charge >= 0.3 is 0 Å². The standard InChI is InChI=1S/C48H31NO/c1-2-14-35(15-3-1)49(36-28-24-34(25-29-36)38-19-10-20-40-37-16-6-4-12-32(37)26-30-41(38)40)46-23-9-8-18-42(46)43-21-11-22-44-45-31-27-33-13-5-7-17-39(33)47(45)50-48(43)44/h1-31H. The second-order valence-electron chi connectivity index (χ2n) is 12.9. The summed E-state index contributed by atoms with van der Waals surface area (Å²) < 4.78 is 6.81. The number of benzene rings is 9. The number of anilines is 3. The third-order valence-corrected chi connectivity index (χ3v) is 10.1. The molecule has 1 aromatic heterocycles. The van der Waals surface area contributed by atoms with Crippen molar-refractivity contribution in [3.8, 4) is 22.3 Å². The van der Waals surface area contributed by atoms with Crippen LogP contribution >= 0.6 is 0 Å². The molecule has 0 saturated carbocycles. The van der Waals surface area contributed by atoms with E-state index in [1.807, 2.05) is 0 Å². The SMILES string of the molecule is c1ccc(N(c2ccc(-c3cccc4c3ccc3ccccc34)cc2)c2ccccc2-c2cccc3c2oc2c4ccccc4ccc32)cc1. The zero-order chi connectivity index (χ0) is 33.0. The fraction of sp³-hybridized carbons (Fsp3) is 0. The smallest absolute Gasteiger partial charge is 0.143 e. The molecular weight excluding hydrogens is 607 g/mol. The van der Waals surface area contributed by atoms with E-state index in [2.05, 4.69) is 193 Å². The third-order valence-electron chi connectivity index (χ3n) is 10.1. The van der Waals surface area contributed by atoms with E-state index < -0.39 is 0 Å². The Morgan fingerprint density at radius 3 is 1.68 bits per heavy atom. The Hall–Kier alpha value is -6.64. The lowest BCUT2D eigenvalue weighted by Gasteiger charge is -2.28. The van der Waals surface area contributed by atoms with Crippen LogP contribution in [0.1, 0.15) is 0 Å². The summed E-state index contributed by atoms with van der Waals surface area (Å²) in [6.07, 6.45) is 0. The first kappa shape index (κ1) is 28.4. The number of nitrogens with zero attached hydrogens (tertiary/aromatic N) is 1. The maximum atomic E-state index is 6.81. The Kier molecular flexibility index (Phi) is 6.53. The van der Waals surface area contributed by atoms with Gasteiger partial charge in [0.1, 0.15) is 11.2 Å². The monoisotopic (exact) mass is 637 g/mol. The second-order valence-corrected chi connectivity index (χ2v) is 12.9. The zero-order valence-corrected chi connectivity index (χ0v) is 27.3. The molecule has 10 aromatic rings. The Balaban J connectivity index is 1.13. The quantitative estimate of drug-likeness (QED) is 0.175. The van der Waals surface area contributed by atoms with Crippen LogP contribution in [-0.2, 0) is 0 Å². The van der Waals surface area contributed by atoms with E-state index in [9.17, 15) is 0 Å². The highest BCUT2D eigenvalue weighted by atomic mass is 16.3. The van der Waals surface area contributed by atoms with E-state index >= 15 is 0 Å². The highest BCUT2D eigenvalue weighted by Crippen LogP contribution is 2.45. The lowest BCUT2D eigenvalue weighted by Crippen LogP contribution is -2.11. The van der Waals surface area contributed by atoms with E-state index in [4.69, 9.17) is 4.42 Å². The predicted molar refractivity (Wildman–Crippen MR) is 212 cm³/mol. The van der Waals surface area contributed by atoms with Crippen LogP contribution < -0.4 is 4.90 Å². The maximum absolute atomic E-state index is 6.81. The van der Waals surface area contributed by atoms with Gasteiger partial charge in [-0.15, -0.1) is 0 Å². The Bertz CT molecular complexity index is 2870. The minimum atomic E-state index is 0.901. The second kappa shape index (κ2) is 11.5. The van der Waals surface area contributed by atoms with Crippen LogP contribution in [0, 0.1) is 0 Å². The Labute approximate surface area is 290 Å². The van der Waals surface area contributed by atoms with Crippen molar-refractivity contribution in [2.75, 3.05) is 4.90 Å². The van der Waals surface area contributed by atoms with Gasteiger partial charge in [0.05, 0.1) is 5.69 Å². The summed E-state index contributed by atoms with van der Waals surface area (Å²) in [5.74, 6) is 0. The summed E-state index contributed by atoms with van der Waals surface area (Å²) in [7, 11) is 0. The molecule has 0 bridgehead atoms. The first-order chi connectivity index (χ1) is 24.8. The third kappa shape index (κ3) is 4.50. The fourth-order valence-corrected chi connectivity index (χ4v) is 7.72. The van der Waals surface area contributed by atoms with Gasteiger partial charge in [-0.25, -0.2) is 0 Å². The van der Waals surface area contributed by atoms with Gasteiger partial charge in [-0.05, 0) is 74.5 Å². The largest absolute Gasteiger partial charge is 0.455 e. The minimum absolute atomic E-state index is 0.901. The van der Waals surface area contributed by atoms with Crippen molar-refractivity contribution in [3.05, 3.63) is 188 Å². The van der Waals surface area contributed by atoms with Gasteiger partial charge in [0, 0.05) is 38.7 Å². The normalized spacial score (nSPS) is 11.6.